The largest absolute Gasteiger partial charge is 0.468 e. The molecule has 0 bridgehead atoms. The van der Waals surface area contributed by atoms with Crippen molar-refractivity contribution in [2.45, 2.75) is 22.6 Å². The molecule has 0 saturated heterocycles. The van der Waals surface area contributed by atoms with Crippen LogP contribution in [0.15, 0.2) is 52.0 Å². The van der Waals surface area contributed by atoms with Crippen molar-refractivity contribution in [1.29, 1.82) is 0 Å². The molecule has 1 aromatic heterocycles. The number of hydrogen-bond donors (Lipinski definition) is 1. The average molecular weight is 231 g/mol. The van der Waals surface area contributed by atoms with Crippen LogP contribution < -0.4 is 5.73 Å². The summed E-state index contributed by atoms with van der Waals surface area (Å²) in [6.07, 6.45) is 2.71. The lowest BCUT2D eigenvalue weighted by Crippen LogP contribution is -2.22. The van der Waals surface area contributed by atoms with Crippen LogP contribution >= 0.6 is 11.8 Å². The van der Waals surface area contributed by atoms with Crippen LogP contribution in [0, 0.1) is 0 Å². The summed E-state index contributed by atoms with van der Waals surface area (Å²) in [5.74, 6) is 0.880. The zero-order valence-electron chi connectivity index (χ0n) is 8.80. The summed E-state index contributed by atoms with van der Waals surface area (Å²) in [4.78, 5) is 1.36. The summed E-state index contributed by atoms with van der Waals surface area (Å²) < 4.78 is 5.37. The van der Waals surface area contributed by atoms with Gasteiger partial charge in [-0.05, 0) is 30.2 Å². The second-order valence-electron chi connectivity index (χ2n) is 4.01. The van der Waals surface area contributed by atoms with E-state index in [1.807, 2.05) is 23.9 Å². The third kappa shape index (κ3) is 1.66. The van der Waals surface area contributed by atoms with Crippen molar-refractivity contribution in [2.24, 2.45) is 5.73 Å². The van der Waals surface area contributed by atoms with Crippen LogP contribution in [0.5, 0.6) is 0 Å². The van der Waals surface area contributed by atoms with Crippen molar-refractivity contribution < 1.29 is 4.42 Å². The molecule has 2 nitrogen and oxygen atoms in total. The van der Waals surface area contributed by atoms with E-state index in [0.29, 0.717) is 5.25 Å². The maximum Gasteiger partial charge on any atom is 0.121 e. The molecule has 1 aromatic carbocycles. The summed E-state index contributed by atoms with van der Waals surface area (Å²) in [6, 6.07) is 12.3. The number of nitrogens with two attached hydrogens (primary N) is 1. The first-order chi connectivity index (χ1) is 7.84. The fourth-order valence-electron chi connectivity index (χ4n) is 2.07. The molecule has 3 rings (SSSR count). The van der Waals surface area contributed by atoms with Gasteiger partial charge in [-0.15, -0.1) is 11.8 Å². The topological polar surface area (TPSA) is 39.2 Å². The van der Waals surface area contributed by atoms with Gasteiger partial charge in [-0.1, -0.05) is 18.2 Å². The van der Waals surface area contributed by atoms with Crippen molar-refractivity contribution in [2.75, 3.05) is 0 Å². The molecule has 2 N–H and O–H groups in total. The quantitative estimate of drug-likeness (QED) is 0.863. The predicted octanol–water partition coefficient (Wildman–Crippen LogP) is 3.00. The third-order valence-corrected chi connectivity index (χ3v) is 4.36. The monoisotopic (exact) mass is 231 g/mol. The summed E-state index contributed by atoms with van der Waals surface area (Å²) in [5.41, 5.74) is 7.61. The Balaban J connectivity index is 1.81. The van der Waals surface area contributed by atoms with Crippen molar-refractivity contribution in [3.8, 4) is 0 Å². The van der Waals surface area contributed by atoms with E-state index in [-0.39, 0.29) is 6.04 Å². The molecule has 2 aromatic rings. The van der Waals surface area contributed by atoms with E-state index in [9.17, 15) is 0 Å². The molecule has 0 spiro atoms. The molecule has 82 valence electrons. The van der Waals surface area contributed by atoms with Crippen molar-refractivity contribution >= 4 is 11.8 Å². The van der Waals surface area contributed by atoms with Crippen LogP contribution in [0.4, 0.5) is 0 Å². The molecule has 16 heavy (non-hydrogen) atoms. The minimum Gasteiger partial charge on any atom is -0.468 e. The predicted molar refractivity (Wildman–Crippen MR) is 65.4 cm³/mol. The SMILES string of the molecule is NC(c1ccco1)C1Cc2ccccc2S1. The highest BCUT2D eigenvalue weighted by atomic mass is 32.2. The van der Waals surface area contributed by atoms with Crippen LogP contribution in [-0.2, 0) is 6.42 Å². The summed E-state index contributed by atoms with van der Waals surface area (Å²) >= 11 is 1.86. The maximum atomic E-state index is 6.21. The van der Waals surface area contributed by atoms with E-state index >= 15 is 0 Å². The summed E-state index contributed by atoms with van der Waals surface area (Å²) in [6.45, 7) is 0. The van der Waals surface area contributed by atoms with E-state index in [2.05, 4.69) is 24.3 Å². The van der Waals surface area contributed by atoms with Crippen LogP contribution in [0.1, 0.15) is 17.4 Å². The Morgan fingerprint density at radius 2 is 2.12 bits per heavy atom. The van der Waals surface area contributed by atoms with E-state index in [1.54, 1.807) is 6.26 Å². The highest BCUT2D eigenvalue weighted by molar-refractivity contribution is 8.00. The average Bonchev–Trinajstić information content (AvgIpc) is 2.97. The number of thioether (sulfide) groups is 1. The maximum absolute atomic E-state index is 6.21. The second-order valence-corrected chi connectivity index (χ2v) is 5.29. The summed E-state index contributed by atoms with van der Waals surface area (Å²) in [7, 11) is 0. The number of fused-ring (bicyclic) bond motifs is 1. The van der Waals surface area contributed by atoms with Crippen molar-refractivity contribution in [3.05, 3.63) is 54.0 Å². The van der Waals surface area contributed by atoms with Crippen LogP contribution in [0.2, 0.25) is 0 Å². The lowest BCUT2D eigenvalue weighted by molar-refractivity contribution is 0.459. The molecule has 1 aliphatic rings. The fourth-order valence-corrected chi connectivity index (χ4v) is 3.40. The van der Waals surface area contributed by atoms with E-state index < -0.39 is 0 Å². The van der Waals surface area contributed by atoms with Crippen LogP contribution in [0.3, 0.4) is 0 Å². The first-order valence-electron chi connectivity index (χ1n) is 5.38. The Morgan fingerprint density at radius 3 is 2.88 bits per heavy atom. The molecule has 2 unspecified atom stereocenters. The second kappa shape index (κ2) is 4.00. The number of rotatable bonds is 2. The molecule has 3 heteroatoms. The van der Waals surface area contributed by atoms with Gasteiger partial charge in [-0.2, -0.15) is 0 Å². The molecule has 0 aliphatic carbocycles. The highest BCUT2D eigenvalue weighted by Gasteiger charge is 2.29. The van der Waals surface area contributed by atoms with Gasteiger partial charge in [0.25, 0.3) is 0 Å². The minimum absolute atomic E-state index is 0.0209. The van der Waals surface area contributed by atoms with Gasteiger partial charge in [0.05, 0.1) is 12.3 Å². The van der Waals surface area contributed by atoms with Gasteiger partial charge in [0, 0.05) is 10.1 Å². The lowest BCUT2D eigenvalue weighted by atomic mass is 10.0. The zero-order chi connectivity index (χ0) is 11.0. The third-order valence-electron chi connectivity index (χ3n) is 2.94. The molecule has 0 radical (unpaired) electrons. The highest BCUT2D eigenvalue weighted by Crippen LogP contribution is 2.41. The standard InChI is InChI=1S/C13H13NOS/c14-13(10-5-3-7-15-10)12-8-9-4-1-2-6-11(9)16-12/h1-7,12-13H,8,14H2. The summed E-state index contributed by atoms with van der Waals surface area (Å²) in [5, 5.41) is 0.392. The lowest BCUT2D eigenvalue weighted by Gasteiger charge is -2.15. The Labute approximate surface area is 98.8 Å². The zero-order valence-corrected chi connectivity index (χ0v) is 9.61. The van der Waals surface area contributed by atoms with Gasteiger partial charge < -0.3 is 10.2 Å². The Kier molecular flexibility index (Phi) is 2.50. The van der Waals surface area contributed by atoms with Gasteiger partial charge in [-0.3, -0.25) is 0 Å². The van der Waals surface area contributed by atoms with Gasteiger partial charge >= 0.3 is 0 Å². The van der Waals surface area contributed by atoms with Gasteiger partial charge in [0.1, 0.15) is 5.76 Å². The smallest absolute Gasteiger partial charge is 0.121 e. The van der Waals surface area contributed by atoms with Gasteiger partial charge in [0.2, 0.25) is 0 Å². The molecular weight excluding hydrogens is 218 g/mol. The van der Waals surface area contributed by atoms with Gasteiger partial charge in [-0.25, -0.2) is 0 Å². The van der Waals surface area contributed by atoms with Crippen LogP contribution in [0.25, 0.3) is 0 Å². The number of hydrogen-bond acceptors (Lipinski definition) is 3. The molecule has 2 heterocycles. The Bertz CT molecular complexity index is 455. The van der Waals surface area contributed by atoms with Crippen molar-refractivity contribution in [3.63, 3.8) is 0 Å². The molecule has 0 fully saturated rings. The van der Waals surface area contributed by atoms with Crippen LogP contribution in [-0.4, -0.2) is 5.25 Å². The van der Waals surface area contributed by atoms with Crippen molar-refractivity contribution in [1.82, 2.24) is 0 Å². The first kappa shape index (κ1) is 10.00. The molecular formula is C13H13NOS. The van der Waals surface area contributed by atoms with E-state index in [0.717, 1.165) is 12.2 Å². The number of furan rings is 1. The fraction of sp³-hybridized carbons (Fsp3) is 0.231. The minimum atomic E-state index is -0.0209. The molecule has 0 saturated carbocycles. The van der Waals surface area contributed by atoms with Gasteiger partial charge in [0.15, 0.2) is 0 Å². The molecule has 1 aliphatic heterocycles. The first-order valence-corrected chi connectivity index (χ1v) is 6.26. The number of benzene rings is 1. The van der Waals surface area contributed by atoms with E-state index in [4.69, 9.17) is 10.2 Å². The molecule has 2 atom stereocenters. The Hall–Kier alpha value is -1.19. The van der Waals surface area contributed by atoms with E-state index in [1.165, 1.54) is 10.5 Å². The normalized spacial score (nSPS) is 20.7. The molecule has 0 amide bonds. The Morgan fingerprint density at radius 1 is 1.25 bits per heavy atom.